The Labute approximate surface area is 93.3 Å². The van der Waals surface area contributed by atoms with Gasteiger partial charge in [-0.05, 0) is 5.56 Å². The second-order valence-electron chi connectivity index (χ2n) is 3.29. The van der Waals surface area contributed by atoms with Gasteiger partial charge in [-0.25, -0.2) is 0 Å². The maximum atomic E-state index is 8.98. The Morgan fingerprint density at radius 3 is 2.62 bits per heavy atom. The van der Waals surface area contributed by atoms with Crippen molar-refractivity contribution in [2.45, 2.75) is 6.42 Å². The Kier molecular flexibility index (Phi) is 3.23. The van der Waals surface area contributed by atoms with Gasteiger partial charge >= 0.3 is 0 Å². The predicted molar refractivity (Wildman–Crippen MR) is 60.5 cm³/mol. The second kappa shape index (κ2) is 5.02. The van der Waals surface area contributed by atoms with Crippen LogP contribution in [0.2, 0.25) is 0 Å². The van der Waals surface area contributed by atoms with E-state index >= 15 is 0 Å². The first kappa shape index (κ1) is 10.3. The fourth-order valence-electron chi connectivity index (χ4n) is 1.42. The molecule has 1 aromatic carbocycles. The lowest BCUT2D eigenvalue weighted by atomic mass is 10.1. The summed E-state index contributed by atoms with van der Waals surface area (Å²) in [6, 6.07) is 9.51. The minimum Gasteiger partial charge on any atom is -0.411 e. The van der Waals surface area contributed by atoms with E-state index in [1.807, 2.05) is 30.3 Å². The van der Waals surface area contributed by atoms with Crippen LogP contribution in [0.15, 0.2) is 54.1 Å². The van der Waals surface area contributed by atoms with E-state index in [4.69, 9.17) is 5.21 Å². The van der Waals surface area contributed by atoms with E-state index in [0.717, 1.165) is 11.3 Å². The highest BCUT2D eigenvalue weighted by Gasteiger charge is 2.05. The van der Waals surface area contributed by atoms with Crippen molar-refractivity contribution in [1.82, 2.24) is 9.97 Å². The highest BCUT2D eigenvalue weighted by Crippen LogP contribution is 2.05. The van der Waals surface area contributed by atoms with Gasteiger partial charge in [-0.2, -0.15) is 0 Å². The molecule has 0 saturated carbocycles. The normalized spacial score (nSPS) is 11.4. The van der Waals surface area contributed by atoms with E-state index in [2.05, 4.69) is 15.1 Å². The summed E-state index contributed by atoms with van der Waals surface area (Å²) < 4.78 is 0. The van der Waals surface area contributed by atoms with Crippen LogP contribution in [-0.2, 0) is 6.42 Å². The average molecular weight is 213 g/mol. The molecular weight excluding hydrogens is 202 g/mol. The van der Waals surface area contributed by atoms with E-state index in [0.29, 0.717) is 12.1 Å². The Morgan fingerprint density at radius 2 is 2.00 bits per heavy atom. The van der Waals surface area contributed by atoms with Gasteiger partial charge in [0.2, 0.25) is 0 Å². The van der Waals surface area contributed by atoms with Crippen LogP contribution in [0.1, 0.15) is 11.3 Å². The molecule has 16 heavy (non-hydrogen) atoms. The molecule has 80 valence electrons. The SMILES string of the molecule is ON=C(Cc1cnccn1)c1ccccc1. The van der Waals surface area contributed by atoms with E-state index < -0.39 is 0 Å². The van der Waals surface area contributed by atoms with Crippen LogP contribution in [0.25, 0.3) is 0 Å². The Balaban J connectivity index is 2.20. The second-order valence-corrected chi connectivity index (χ2v) is 3.29. The van der Waals surface area contributed by atoms with Gasteiger partial charge in [-0.1, -0.05) is 35.5 Å². The molecule has 1 aromatic heterocycles. The molecule has 4 nitrogen and oxygen atoms in total. The Hall–Kier alpha value is -2.23. The van der Waals surface area contributed by atoms with E-state index in [-0.39, 0.29) is 0 Å². The highest BCUT2D eigenvalue weighted by molar-refractivity contribution is 6.01. The van der Waals surface area contributed by atoms with E-state index in [9.17, 15) is 0 Å². The summed E-state index contributed by atoms with van der Waals surface area (Å²) in [5.74, 6) is 0. The third-order valence-corrected chi connectivity index (χ3v) is 2.19. The number of hydrogen-bond donors (Lipinski definition) is 1. The lowest BCUT2D eigenvalue weighted by Crippen LogP contribution is -2.06. The van der Waals surface area contributed by atoms with Crippen LogP contribution in [0.5, 0.6) is 0 Å². The molecule has 0 aliphatic heterocycles. The Morgan fingerprint density at radius 1 is 1.19 bits per heavy atom. The van der Waals surface area contributed by atoms with Crippen LogP contribution in [-0.4, -0.2) is 20.9 Å². The molecule has 0 aliphatic rings. The number of rotatable bonds is 3. The number of nitrogens with zero attached hydrogens (tertiary/aromatic N) is 3. The van der Waals surface area contributed by atoms with Crippen LogP contribution < -0.4 is 0 Å². The summed E-state index contributed by atoms with van der Waals surface area (Å²) in [6.45, 7) is 0. The highest BCUT2D eigenvalue weighted by atomic mass is 16.4. The predicted octanol–water partition coefficient (Wildman–Crippen LogP) is 1.90. The van der Waals surface area contributed by atoms with Crippen molar-refractivity contribution < 1.29 is 5.21 Å². The topological polar surface area (TPSA) is 58.4 Å². The first-order chi connectivity index (χ1) is 7.90. The molecule has 1 heterocycles. The smallest absolute Gasteiger partial charge is 0.0927 e. The van der Waals surface area contributed by atoms with Crippen LogP contribution in [0.4, 0.5) is 0 Å². The van der Waals surface area contributed by atoms with Crippen molar-refractivity contribution in [3.63, 3.8) is 0 Å². The molecule has 0 amide bonds. The molecule has 0 aliphatic carbocycles. The molecule has 0 bridgehead atoms. The maximum absolute atomic E-state index is 8.98. The molecule has 0 saturated heterocycles. The van der Waals surface area contributed by atoms with Crippen molar-refractivity contribution >= 4 is 5.71 Å². The summed E-state index contributed by atoms with van der Waals surface area (Å²) in [6.07, 6.45) is 5.36. The summed E-state index contributed by atoms with van der Waals surface area (Å²) >= 11 is 0. The standard InChI is InChI=1S/C12H11N3O/c16-15-12(10-4-2-1-3-5-10)8-11-9-13-6-7-14-11/h1-7,9,16H,8H2. The van der Waals surface area contributed by atoms with Crippen molar-refractivity contribution in [1.29, 1.82) is 0 Å². The number of hydrogen-bond acceptors (Lipinski definition) is 4. The zero-order valence-electron chi connectivity index (χ0n) is 8.61. The summed E-state index contributed by atoms with van der Waals surface area (Å²) in [7, 11) is 0. The van der Waals surface area contributed by atoms with Crippen LogP contribution in [0.3, 0.4) is 0 Å². The molecule has 0 spiro atoms. The van der Waals surface area contributed by atoms with Gasteiger partial charge in [0.15, 0.2) is 0 Å². The largest absolute Gasteiger partial charge is 0.411 e. The van der Waals surface area contributed by atoms with Gasteiger partial charge in [-0.3, -0.25) is 9.97 Å². The van der Waals surface area contributed by atoms with Gasteiger partial charge in [0.05, 0.1) is 11.4 Å². The fourth-order valence-corrected chi connectivity index (χ4v) is 1.42. The zero-order valence-corrected chi connectivity index (χ0v) is 8.61. The van der Waals surface area contributed by atoms with Crippen molar-refractivity contribution in [2.24, 2.45) is 5.16 Å². The minimum absolute atomic E-state index is 0.467. The van der Waals surface area contributed by atoms with Crippen molar-refractivity contribution in [3.05, 3.63) is 60.2 Å². The molecule has 2 rings (SSSR count). The van der Waals surface area contributed by atoms with Gasteiger partial charge in [0.25, 0.3) is 0 Å². The lowest BCUT2D eigenvalue weighted by Gasteiger charge is -2.03. The number of benzene rings is 1. The molecular formula is C12H11N3O. The monoisotopic (exact) mass is 213 g/mol. The maximum Gasteiger partial charge on any atom is 0.0927 e. The van der Waals surface area contributed by atoms with Crippen LogP contribution >= 0.6 is 0 Å². The molecule has 0 fully saturated rings. The fraction of sp³-hybridized carbons (Fsp3) is 0.0833. The molecule has 0 radical (unpaired) electrons. The van der Waals surface area contributed by atoms with Gasteiger partial charge < -0.3 is 5.21 Å². The molecule has 1 N–H and O–H groups in total. The van der Waals surface area contributed by atoms with Gasteiger partial charge in [0, 0.05) is 25.0 Å². The summed E-state index contributed by atoms with van der Waals surface area (Å²) in [4.78, 5) is 8.10. The number of oxime groups is 1. The van der Waals surface area contributed by atoms with Crippen LogP contribution in [0, 0.1) is 0 Å². The quantitative estimate of drug-likeness (QED) is 0.481. The van der Waals surface area contributed by atoms with E-state index in [1.54, 1.807) is 18.6 Å². The Bertz CT molecular complexity index is 468. The summed E-state index contributed by atoms with van der Waals surface area (Å²) in [5.41, 5.74) is 2.25. The van der Waals surface area contributed by atoms with Crippen molar-refractivity contribution in [3.8, 4) is 0 Å². The third kappa shape index (κ3) is 2.42. The number of aromatic nitrogens is 2. The molecule has 0 atom stereocenters. The molecule has 0 unspecified atom stereocenters. The third-order valence-electron chi connectivity index (χ3n) is 2.19. The average Bonchev–Trinajstić information content (AvgIpc) is 2.38. The van der Waals surface area contributed by atoms with Crippen molar-refractivity contribution in [2.75, 3.05) is 0 Å². The van der Waals surface area contributed by atoms with E-state index in [1.165, 1.54) is 0 Å². The molecule has 2 aromatic rings. The zero-order chi connectivity index (χ0) is 11.2. The van der Waals surface area contributed by atoms with Gasteiger partial charge in [-0.15, -0.1) is 0 Å². The minimum atomic E-state index is 0.467. The first-order valence-corrected chi connectivity index (χ1v) is 4.91. The lowest BCUT2D eigenvalue weighted by molar-refractivity contribution is 0.318. The first-order valence-electron chi connectivity index (χ1n) is 4.91. The summed E-state index contributed by atoms with van der Waals surface area (Å²) in [5, 5.41) is 12.3. The van der Waals surface area contributed by atoms with Gasteiger partial charge in [0.1, 0.15) is 0 Å². The molecule has 4 heteroatoms.